The number of hydrogen-bond donors (Lipinski definition) is 1. The maximum atomic E-state index is 12.1. The quantitative estimate of drug-likeness (QED) is 0.691. The van der Waals surface area contributed by atoms with Gasteiger partial charge >= 0.3 is 0 Å². The maximum absolute atomic E-state index is 12.1. The Hall–Kier alpha value is -1.44. The lowest BCUT2D eigenvalue weighted by atomic mass is 10.2. The van der Waals surface area contributed by atoms with Crippen molar-refractivity contribution in [3.8, 4) is 0 Å². The second-order valence-electron chi connectivity index (χ2n) is 5.94. The highest BCUT2D eigenvalue weighted by Gasteiger charge is 2.21. The zero-order valence-corrected chi connectivity index (χ0v) is 14.4. The molecule has 0 atom stereocenters. The third-order valence-corrected chi connectivity index (χ3v) is 5.49. The van der Waals surface area contributed by atoms with Crippen LogP contribution in [0.25, 0.3) is 0 Å². The Morgan fingerprint density at radius 3 is 2.74 bits per heavy atom. The van der Waals surface area contributed by atoms with E-state index in [4.69, 9.17) is 4.74 Å². The molecule has 0 radical (unpaired) electrons. The van der Waals surface area contributed by atoms with Crippen molar-refractivity contribution in [2.75, 3.05) is 33.9 Å². The number of carbonyl (C=O) groups excluding carboxylic acids is 1. The van der Waals surface area contributed by atoms with E-state index < -0.39 is 10.0 Å². The van der Waals surface area contributed by atoms with Crippen LogP contribution in [-0.4, -0.2) is 52.5 Å². The summed E-state index contributed by atoms with van der Waals surface area (Å²) >= 11 is 0. The normalized spacial score (nSPS) is 14.9. The second-order valence-corrected chi connectivity index (χ2v) is 8.09. The van der Waals surface area contributed by atoms with E-state index in [0.29, 0.717) is 18.7 Å². The summed E-state index contributed by atoms with van der Waals surface area (Å²) in [6, 6.07) is 6.06. The number of carbonyl (C=O) groups is 1. The fourth-order valence-corrected chi connectivity index (χ4v) is 2.97. The van der Waals surface area contributed by atoms with Crippen LogP contribution in [0, 0.1) is 5.92 Å². The number of ether oxygens (including phenoxy) is 1. The van der Waals surface area contributed by atoms with Gasteiger partial charge in [-0.25, -0.2) is 12.7 Å². The number of nitrogens with zero attached hydrogens (tertiary/aromatic N) is 1. The van der Waals surface area contributed by atoms with Gasteiger partial charge in [0.05, 0.1) is 4.90 Å². The van der Waals surface area contributed by atoms with E-state index in [9.17, 15) is 13.2 Å². The lowest BCUT2D eigenvalue weighted by Gasteiger charge is -2.12. The minimum Gasteiger partial charge on any atom is -0.381 e. The van der Waals surface area contributed by atoms with Gasteiger partial charge in [0.25, 0.3) is 5.91 Å². The Morgan fingerprint density at radius 1 is 1.35 bits per heavy atom. The van der Waals surface area contributed by atoms with Gasteiger partial charge in [0, 0.05) is 39.4 Å². The second kappa shape index (κ2) is 7.90. The predicted molar refractivity (Wildman–Crippen MR) is 87.8 cm³/mol. The van der Waals surface area contributed by atoms with Gasteiger partial charge in [0.1, 0.15) is 0 Å². The largest absolute Gasteiger partial charge is 0.381 e. The number of hydrogen-bond acceptors (Lipinski definition) is 4. The molecule has 6 nitrogen and oxygen atoms in total. The molecule has 0 heterocycles. The molecule has 1 amide bonds. The molecule has 0 bridgehead atoms. The SMILES string of the molecule is CN(C)S(=O)(=O)c1cccc(C(=O)NCCCOCC2CC2)c1. The zero-order chi connectivity index (χ0) is 16.9. The first kappa shape index (κ1) is 17.9. The van der Waals surface area contributed by atoms with Crippen molar-refractivity contribution >= 4 is 15.9 Å². The van der Waals surface area contributed by atoms with Crippen LogP contribution >= 0.6 is 0 Å². The molecule has 1 aromatic carbocycles. The summed E-state index contributed by atoms with van der Waals surface area (Å²) in [4.78, 5) is 12.2. The molecule has 128 valence electrons. The molecular formula is C16H24N2O4S. The molecule has 0 aliphatic heterocycles. The first-order valence-corrected chi connectivity index (χ1v) is 9.24. The van der Waals surface area contributed by atoms with E-state index in [1.165, 1.54) is 39.1 Å². The maximum Gasteiger partial charge on any atom is 0.251 e. The van der Waals surface area contributed by atoms with Gasteiger partial charge in [-0.05, 0) is 43.4 Å². The minimum absolute atomic E-state index is 0.114. The average Bonchev–Trinajstić information content (AvgIpc) is 3.34. The monoisotopic (exact) mass is 340 g/mol. The van der Waals surface area contributed by atoms with Crippen molar-refractivity contribution in [3.63, 3.8) is 0 Å². The van der Waals surface area contributed by atoms with Gasteiger partial charge in [-0.15, -0.1) is 0 Å². The minimum atomic E-state index is -3.53. The van der Waals surface area contributed by atoms with Gasteiger partial charge in [-0.2, -0.15) is 0 Å². The number of amides is 1. The van der Waals surface area contributed by atoms with Crippen molar-refractivity contribution in [1.82, 2.24) is 9.62 Å². The Bertz CT molecular complexity index is 639. The Kier molecular flexibility index (Phi) is 6.15. The molecule has 0 spiro atoms. The van der Waals surface area contributed by atoms with E-state index in [1.54, 1.807) is 12.1 Å². The number of benzene rings is 1. The van der Waals surface area contributed by atoms with Crippen LogP contribution in [0.5, 0.6) is 0 Å². The van der Waals surface area contributed by atoms with Crippen molar-refractivity contribution < 1.29 is 17.9 Å². The van der Waals surface area contributed by atoms with Crippen LogP contribution in [0.2, 0.25) is 0 Å². The smallest absolute Gasteiger partial charge is 0.251 e. The van der Waals surface area contributed by atoms with Crippen LogP contribution in [0.4, 0.5) is 0 Å². The number of sulfonamides is 1. The molecule has 1 aliphatic carbocycles. The van der Waals surface area contributed by atoms with Crippen molar-refractivity contribution in [2.45, 2.75) is 24.2 Å². The summed E-state index contributed by atoms with van der Waals surface area (Å²) in [5, 5.41) is 2.78. The average molecular weight is 340 g/mol. The first-order chi connectivity index (χ1) is 10.9. The summed E-state index contributed by atoms with van der Waals surface area (Å²) in [5.41, 5.74) is 0.340. The van der Waals surface area contributed by atoms with Gasteiger partial charge in [0.15, 0.2) is 0 Å². The van der Waals surface area contributed by atoms with E-state index >= 15 is 0 Å². The fourth-order valence-electron chi connectivity index (χ4n) is 2.02. The summed E-state index contributed by atoms with van der Waals surface area (Å²) < 4.78 is 30.8. The van der Waals surface area contributed by atoms with Gasteiger partial charge in [-0.3, -0.25) is 4.79 Å². The number of nitrogens with one attached hydrogen (secondary N) is 1. The van der Waals surface area contributed by atoms with Crippen LogP contribution in [0.3, 0.4) is 0 Å². The van der Waals surface area contributed by atoms with Crippen LogP contribution < -0.4 is 5.32 Å². The molecule has 0 saturated heterocycles. The van der Waals surface area contributed by atoms with Crippen LogP contribution in [0.15, 0.2) is 29.2 Å². The molecule has 1 N–H and O–H groups in total. The summed E-state index contributed by atoms with van der Waals surface area (Å²) in [5.74, 6) is 0.467. The molecule has 1 saturated carbocycles. The standard InChI is InChI=1S/C16H24N2O4S/c1-18(2)23(20,21)15-6-3-5-14(11-15)16(19)17-9-4-10-22-12-13-7-8-13/h3,5-6,11,13H,4,7-10,12H2,1-2H3,(H,17,19). The molecule has 23 heavy (non-hydrogen) atoms. The molecule has 1 aliphatic rings. The lowest BCUT2D eigenvalue weighted by Crippen LogP contribution is -2.26. The molecule has 0 aromatic heterocycles. The van der Waals surface area contributed by atoms with Crippen LogP contribution in [0.1, 0.15) is 29.6 Å². The van der Waals surface area contributed by atoms with Gasteiger partial charge in [-0.1, -0.05) is 6.07 Å². The Morgan fingerprint density at radius 2 is 2.09 bits per heavy atom. The highest BCUT2D eigenvalue weighted by atomic mass is 32.2. The third kappa shape index (κ3) is 5.30. The van der Waals surface area contributed by atoms with E-state index in [-0.39, 0.29) is 10.8 Å². The van der Waals surface area contributed by atoms with E-state index in [2.05, 4.69) is 5.32 Å². The van der Waals surface area contributed by atoms with Crippen LogP contribution in [-0.2, 0) is 14.8 Å². The highest BCUT2D eigenvalue weighted by molar-refractivity contribution is 7.89. The van der Waals surface area contributed by atoms with Crippen molar-refractivity contribution in [2.24, 2.45) is 5.92 Å². The fraction of sp³-hybridized carbons (Fsp3) is 0.562. The molecule has 7 heteroatoms. The number of rotatable bonds is 9. The van der Waals surface area contributed by atoms with Gasteiger partial charge < -0.3 is 10.1 Å². The molecule has 0 unspecified atom stereocenters. The molecular weight excluding hydrogens is 316 g/mol. The Labute approximate surface area is 137 Å². The van der Waals surface area contributed by atoms with Crippen molar-refractivity contribution in [3.05, 3.63) is 29.8 Å². The topological polar surface area (TPSA) is 75.7 Å². The zero-order valence-electron chi connectivity index (χ0n) is 13.6. The van der Waals surface area contributed by atoms with Crippen molar-refractivity contribution in [1.29, 1.82) is 0 Å². The van der Waals surface area contributed by atoms with E-state index in [0.717, 1.165) is 23.3 Å². The molecule has 1 aromatic rings. The lowest BCUT2D eigenvalue weighted by molar-refractivity contribution is 0.0937. The molecule has 2 rings (SSSR count). The highest BCUT2D eigenvalue weighted by Crippen LogP contribution is 2.28. The molecule has 1 fully saturated rings. The first-order valence-electron chi connectivity index (χ1n) is 7.80. The summed E-state index contributed by atoms with van der Waals surface area (Å²) in [7, 11) is -0.610. The van der Waals surface area contributed by atoms with E-state index in [1.807, 2.05) is 0 Å². The summed E-state index contributed by atoms with van der Waals surface area (Å²) in [6.45, 7) is 1.96. The Balaban J connectivity index is 1.82. The van der Waals surface area contributed by atoms with Gasteiger partial charge in [0.2, 0.25) is 10.0 Å². The summed E-state index contributed by atoms with van der Waals surface area (Å²) in [6.07, 6.45) is 3.28. The third-order valence-electron chi connectivity index (χ3n) is 3.68. The predicted octanol–water partition coefficient (Wildman–Crippen LogP) is 1.48.